The number of hydrogen-bond donors (Lipinski definition) is 1. The Balaban J connectivity index is 1.77. The number of nitrogens with zero attached hydrogens (tertiary/aromatic N) is 2. The van der Waals surface area contributed by atoms with Crippen molar-refractivity contribution in [2.75, 3.05) is 18.0 Å². The molecular formula is C20H26N2O. The van der Waals surface area contributed by atoms with E-state index in [1.165, 1.54) is 47.9 Å². The number of pyridine rings is 1. The third-order valence-electron chi connectivity index (χ3n) is 5.97. The van der Waals surface area contributed by atoms with E-state index in [9.17, 15) is 5.11 Å². The SMILES string of the molecule is Cc1cc(C)c2nccc(N3CCC[C@]4(CCC[C@H]4O)C3)c2c1. The van der Waals surface area contributed by atoms with Crippen LogP contribution in [0.3, 0.4) is 0 Å². The van der Waals surface area contributed by atoms with E-state index in [0.29, 0.717) is 0 Å². The number of fused-ring (bicyclic) bond motifs is 1. The normalized spacial score (nSPS) is 28.0. The van der Waals surface area contributed by atoms with E-state index in [-0.39, 0.29) is 11.5 Å². The summed E-state index contributed by atoms with van der Waals surface area (Å²) in [6.07, 6.45) is 7.48. The predicted octanol–water partition coefficient (Wildman–Crippen LogP) is 3.98. The lowest BCUT2D eigenvalue weighted by Gasteiger charge is -2.44. The van der Waals surface area contributed by atoms with Gasteiger partial charge in [0.2, 0.25) is 0 Å². The Bertz CT molecular complexity index is 742. The molecule has 1 aliphatic carbocycles. The summed E-state index contributed by atoms with van der Waals surface area (Å²) in [6, 6.07) is 6.62. The van der Waals surface area contributed by atoms with E-state index in [0.717, 1.165) is 25.0 Å². The van der Waals surface area contributed by atoms with E-state index in [2.05, 4.69) is 41.9 Å². The van der Waals surface area contributed by atoms with Crippen LogP contribution in [0, 0.1) is 19.3 Å². The molecular weight excluding hydrogens is 284 g/mol. The van der Waals surface area contributed by atoms with Crippen molar-refractivity contribution in [3.8, 4) is 0 Å². The van der Waals surface area contributed by atoms with E-state index in [4.69, 9.17) is 0 Å². The number of aryl methyl sites for hydroxylation is 2. The number of aliphatic hydroxyl groups excluding tert-OH is 1. The molecule has 2 heterocycles. The summed E-state index contributed by atoms with van der Waals surface area (Å²) in [6.45, 7) is 6.37. The minimum Gasteiger partial charge on any atom is -0.392 e. The minimum absolute atomic E-state index is 0.118. The molecule has 122 valence electrons. The zero-order valence-electron chi connectivity index (χ0n) is 14.2. The van der Waals surface area contributed by atoms with Crippen molar-refractivity contribution < 1.29 is 5.11 Å². The second-order valence-corrected chi connectivity index (χ2v) is 7.60. The van der Waals surface area contributed by atoms with Crippen molar-refractivity contribution in [2.24, 2.45) is 5.41 Å². The molecule has 23 heavy (non-hydrogen) atoms. The molecule has 0 bridgehead atoms. The van der Waals surface area contributed by atoms with Gasteiger partial charge in [0.1, 0.15) is 0 Å². The van der Waals surface area contributed by atoms with Crippen LogP contribution in [-0.4, -0.2) is 29.3 Å². The number of rotatable bonds is 1. The molecule has 3 nitrogen and oxygen atoms in total. The summed E-state index contributed by atoms with van der Waals surface area (Å²) in [4.78, 5) is 7.11. The fourth-order valence-corrected chi connectivity index (χ4v) is 4.84. The molecule has 2 fully saturated rings. The van der Waals surface area contributed by atoms with E-state index < -0.39 is 0 Å². The van der Waals surface area contributed by atoms with E-state index in [1.807, 2.05) is 6.20 Å². The Hall–Kier alpha value is -1.61. The highest BCUT2D eigenvalue weighted by molar-refractivity contribution is 5.94. The van der Waals surface area contributed by atoms with Crippen LogP contribution in [0.25, 0.3) is 10.9 Å². The maximum absolute atomic E-state index is 10.5. The monoisotopic (exact) mass is 310 g/mol. The summed E-state index contributed by atoms with van der Waals surface area (Å²) >= 11 is 0. The molecule has 2 aliphatic rings. The van der Waals surface area contributed by atoms with Gasteiger partial charge in [0, 0.05) is 35.8 Å². The van der Waals surface area contributed by atoms with Gasteiger partial charge in [0.05, 0.1) is 11.6 Å². The highest BCUT2D eigenvalue weighted by Crippen LogP contribution is 2.46. The molecule has 1 saturated carbocycles. The van der Waals surface area contributed by atoms with Crippen molar-refractivity contribution in [2.45, 2.75) is 52.1 Å². The number of anilines is 1. The van der Waals surface area contributed by atoms with Crippen molar-refractivity contribution >= 4 is 16.6 Å². The van der Waals surface area contributed by atoms with Gasteiger partial charge in [-0.2, -0.15) is 0 Å². The molecule has 0 unspecified atom stereocenters. The van der Waals surface area contributed by atoms with Gasteiger partial charge in [-0.1, -0.05) is 18.1 Å². The zero-order valence-corrected chi connectivity index (χ0v) is 14.2. The van der Waals surface area contributed by atoms with Crippen molar-refractivity contribution in [1.82, 2.24) is 4.98 Å². The average molecular weight is 310 g/mol. The number of aromatic nitrogens is 1. The lowest BCUT2D eigenvalue weighted by molar-refractivity contribution is 0.0410. The van der Waals surface area contributed by atoms with Crippen molar-refractivity contribution in [3.05, 3.63) is 35.5 Å². The average Bonchev–Trinajstić information content (AvgIpc) is 2.87. The molecule has 1 aliphatic heterocycles. The minimum atomic E-state index is -0.123. The van der Waals surface area contributed by atoms with Crippen LogP contribution < -0.4 is 4.90 Å². The Morgan fingerprint density at radius 2 is 2.04 bits per heavy atom. The number of benzene rings is 1. The van der Waals surface area contributed by atoms with E-state index >= 15 is 0 Å². The summed E-state index contributed by atoms with van der Waals surface area (Å²) in [5.41, 5.74) is 5.05. The summed E-state index contributed by atoms with van der Waals surface area (Å²) < 4.78 is 0. The van der Waals surface area contributed by atoms with Gasteiger partial charge in [0.25, 0.3) is 0 Å². The first-order valence-electron chi connectivity index (χ1n) is 8.88. The Labute approximate surface area is 138 Å². The van der Waals surface area contributed by atoms with Crippen LogP contribution >= 0.6 is 0 Å². The molecule has 1 saturated heterocycles. The fraction of sp³-hybridized carbons (Fsp3) is 0.550. The first-order chi connectivity index (χ1) is 11.1. The van der Waals surface area contributed by atoms with Crippen molar-refractivity contribution in [3.63, 3.8) is 0 Å². The second-order valence-electron chi connectivity index (χ2n) is 7.60. The lowest BCUT2D eigenvalue weighted by atomic mass is 9.76. The van der Waals surface area contributed by atoms with Crippen LogP contribution in [0.2, 0.25) is 0 Å². The van der Waals surface area contributed by atoms with Crippen LogP contribution in [0.5, 0.6) is 0 Å². The molecule has 1 N–H and O–H groups in total. The number of piperidine rings is 1. The first-order valence-corrected chi connectivity index (χ1v) is 8.88. The Kier molecular flexibility index (Phi) is 3.56. The maximum atomic E-state index is 10.5. The maximum Gasteiger partial charge on any atom is 0.0752 e. The molecule has 2 aromatic rings. The van der Waals surface area contributed by atoms with Crippen LogP contribution in [-0.2, 0) is 0 Å². The summed E-state index contributed by atoms with van der Waals surface area (Å²) in [5.74, 6) is 0. The number of hydrogen-bond acceptors (Lipinski definition) is 3. The van der Waals surface area contributed by atoms with Gasteiger partial charge in [-0.05, 0) is 57.2 Å². The van der Waals surface area contributed by atoms with Crippen LogP contribution in [0.15, 0.2) is 24.4 Å². The highest BCUT2D eigenvalue weighted by atomic mass is 16.3. The standard InChI is InChI=1S/C20H26N2O/c1-14-11-15(2)19-16(12-14)17(6-9-21-19)22-10-4-8-20(13-22)7-3-5-18(20)23/h6,9,11-12,18,23H,3-5,7-8,10,13H2,1-2H3/t18-,20-/m1/s1. The van der Waals surface area contributed by atoms with Crippen LogP contribution in [0.4, 0.5) is 5.69 Å². The third kappa shape index (κ3) is 2.42. The van der Waals surface area contributed by atoms with Gasteiger partial charge < -0.3 is 10.0 Å². The third-order valence-corrected chi connectivity index (χ3v) is 5.97. The predicted molar refractivity (Wildman–Crippen MR) is 95.0 cm³/mol. The molecule has 4 rings (SSSR count). The van der Waals surface area contributed by atoms with Gasteiger partial charge >= 0.3 is 0 Å². The smallest absolute Gasteiger partial charge is 0.0752 e. The second kappa shape index (κ2) is 5.48. The fourth-order valence-electron chi connectivity index (χ4n) is 4.84. The molecule has 1 aromatic carbocycles. The Morgan fingerprint density at radius 3 is 2.83 bits per heavy atom. The zero-order chi connectivity index (χ0) is 16.0. The van der Waals surface area contributed by atoms with Gasteiger partial charge in [0.15, 0.2) is 0 Å². The van der Waals surface area contributed by atoms with Gasteiger partial charge in [-0.15, -0.1) is 0 Å². The first kappa shape index (κ1) is 14.9. The molecule has 0 radical (unpaired) electrons. The lowest BCUT2D eigenvalue weighted by Crippen LogP contribution is -2.47. The Morgan fingerprint density at radius 1 is 1.22 bits per heavy atom. The highest BCUT2D eigenvalue weighted by Gasteiger charge is 2.44. The summed E-state index contributed by atoms with van der Waals surface area (Å²) in [7, 11) is 0. The number of aliphatic hydroxyl groups is 1. The van der Waals surface area contributed by atoms with Crippen LogP contribution in [0.1, 0.15) is 43.2 Å². The molecule has 1 aromatic heterocycles. The van der Waals surface area contributed by atoms with Gasteiger partial charge in [-0.3, -0.25) is 4.98 Å². The largest absolute Gasteiger partial charge is 0.392 e. The molecule has 2 atom stereocenters. The summed E-state index contributed by atoms with van der Waals surface area (Å²) in [5, 5.41) is 11.8. The van der Waals surface area contributed by atoms with Crippen molar-refractivity contribution in [1.29, 1.82) is 0 Å². The topological polar surface area (TPSA) is 36.4 Å². The quantitative estimate of drug-likeness (QED) is 0.865. The van der Waals surface area contributed by atoms with E-state index in [1.54, 1.807) is 0 Å². The molecule has 1 spiro atoms. The molecule has 0 amide bonds. The van der Waals surface area contributed by atoms with Gasteiger partial charge in [-0.25, -0.2) is 0 Å². The molecule has 3 heteroatoms.